The van der Waals surface area contributed by atoms with Gasteiger partial charge in [-0.3, -0.25) is 5.32 Å². The van der Waals surface area contributed by atoms with Gasteiger partial charge >= 0.3 is 6.09 Å². The SMILES string of the molecule is C/C=C(\NC(=O)OC(C)(C)C)C(O)c1cccc(I)c1. The molecular formula is C15H20INO3. The molecular weight excluding hydrogens is 369 g/mol. The third-order valence-electron chi connectivity index (χ3n) is 2.42. The van der Waals surface area contributed by atoms with E-state index in [1.54, 1.807) is 33.8 Å². The van der Waals surface area contributed by atoms with Gasteiger partial charge in [-0.05, 0) is 68.0 Å². The lowest BCUT2D eigenvalue weighted by molar-refractivity contribution is 0.0526. The molecule has 1 unspecified atom stereocenters. The van der Waals surface area contributed by atoms with Gasteiger partial charge in [0.2, 0.25) is 0 Å². The normalized spacial score (nSPS) is 13.8. The molecule has 0 aliphatic heterocycles. The van der Waals surface area contributed by atoms with E-state index in [0.29, 0.717) is 5.70 Å². The summed E-state index contributed by atoms with van der Waals surface area (Å²) in [6.07, 6.45) is 0.201. The molecule has 1 aromatic carbocycles. The summed E-state index contributed by atoms with van der Waals surface area (Å²) in [7, 11) is 0. The molecule has 0 saturated carbocycles. The second-order valence-electron chi connectivity index (χ2n) is 5.33. The predicted octanol–water partition coefficient (Wildman–Crippen LogP) is 3.75. The predicted molar refractivity (Wildman–Crippen MR) is 87.2 cm³/mol. The van der Waals surface area contributed by atoms with Crippen molar-refractivity contribution >= 4 is 28.7 Å². The molecule has 1 rings (SSSR count). The van der Waals surface area contributed by atoms with E-state index in [-0.39, 0.29) is 0 Å². The van der Waals surface area contributed by atoms with Gasteiger partial charge < -0.3 is 9.84 Å². The lowest BCUT2D eigenvalue weighted by Gasteiger charge is -2.22. The summed E-state index contributed by atoms with van der Waals surface area (Å²) in [5, 5.41) is 12.9. The van der Waals surface area contributed by atoms with Crippen molar-refractivity contribution in [3.8, 4) is 0 Å². The highest BCUT2D eigenvalue weighted by molar-refractivity contribution is 14.1. The first-order valence-corrected chi connectivity index (χ1v) is 7.40. The van der Waals surface area contributed by atoms with Crippen molar-refractivity contribution in [1.29, 1.82) is 0 Å². The fourth-order valence-corrected chi connectivity index (χ4v) is 2.14. The van der Waals surface area contributed by atoms with Gasteiger partial charge in [0.1, 0.15) is 11.7 Å². The Kier molecular flexibility index (Phi) is 6.01. The maximum absolute atomic E-state index is 11.7. The first-order chi connectivity index (χ1) is 9.23. The van der Waals surface area contributed by atoms with Gasteiger partial charge in [0, 0.05) is 3.57 Å². The maximum Gasteiger partial charge on any atom is 0.411 e. The van der Waals surface area contributed by atoms with E-state index in [0.717, 1.165) is 9.13 Å². The average Bonchev–Trinajstić information content (AvgIpc) is 2.33. The number of carbonyl (C=O) groups is 1. The fraction of sp³-hybridized carbons (Fsp3) is 0.400. The fourth-order valence-electron chi connectivity index (χ4n) is 1.58. The van der Waals surface area contributed by atoms with Crippen LogP contribution in [-0.4, -0.2) is 16.8 Å². The molecule has 1 atom stereocenters. The third-order valence-corrected chi connectivity index (χ3v) is 3.09. The number of allylic oxidation sites excluding steroid dienone is 1. The molecule has 0 fully saturated rings. The summed E-state index contributed by atoms with van der Waals surface area (Å²) >= 11 is 2.17. The van der Waals surface area contributed by atoms with E-state index < -0.39 is 17.8 Å². The molecule has 4 nitrogen and oxygen atoms in total. The van der Waals surface area contributed by atoms with Crippen LogP contribution in [0.5, 0.6) is 0 Å². The molecule has 110 valence electrons. The Hall–Kier alpha value is -1.08. The number of rotatable bonds is 3. The van der Waals surface area contributed by atoms with Crippen LogP contribution in [0, 0.1) is 3.57 Å². The van der Waals surface area contributed by atoms with E-state index >= 15 is 0 Å². The Bertz CT molecular complexity index is 506. The van der Waals surface area contributed by atoms with Gasteiger partial charge in [-0.25, -0.2) is 4.79 Å². The molecule has 0 aromatic heterocycles. The maximum atomic E-state index is 11.7. The van der Waals surface area contributed by atoms with Crippen molar-refractivity contribution in [1.82, 2.24) is 5.32 Å². The lowest BCUT2D eigenvalue weighted by Crippen LogP contribution is -2.33. The molecule has 0 bridgehead atoms. The average molecular weight is 389 g/mol. The minimum atomic E-state index is -0.887. The van der Waals surface area contributed by atoms with Gasteiger partial charge in [-0.2, -0.15) is 0 Å². The molecule has 0 radical (unpaired) electrons. The number of hydrogen-bond donors (Lipinski definition) is 2. The number of carbonyl (C=O) groups excluding carboxylic acids is 1. The number of amides is 1. The molecule has 0 aliphatic rings. The van der Waals surface area contributed by atoms with E-state index in [4.69, 9.17) is 4.74 Å². The molecule has 20 heavy (non-hydrogen) atoms. The van der Waals surface area contributed by atoms with Crippen molar-refractivity contribution in [2.45, 2.75) is 39.4 Å². The topological polar surface area (TPSA) is 58.6 Å². The van der Waals surface area contributed by atoms with Gasteiger partial charge in [0.05, 0.1) is 5.70 Å². The van der Waals surface area contributed by atoms with Crippen LogP contribution in [0.2, 0.25) is 0 Å². The summed E-state index contributed by atoms with van der Waals surface area (Å²) in [4.78, 5) is 11.7. The van der Waals surface area contributed by atoms with E-state index in [1.165, 1.54) is 0 Å². The Morgan fingerprint density at radius 1 is 1.45 bits per heavy atom. The molecule has 0 heterocycles. The van der Waals surface area contributed by atoms with Crippen LogP contribution < -0.4 is 5.32 Å². The van der Waals surface area contributed by atoms with Crippen LogP contribution >= 0.6 is 22.6 Å². The van der Waals surface area contributed by atoms with Crippen molar-refractivity contribution in [2.24, 2.45) is 0 Å². The third kappa shape index (κ3) is 5.50. The molecule has 5 heteroatoms. The molecule has 0 saturated heterocycles. The van der Waals surface area contributed by atoms with Crippen LogP contribution in [0.3, 0.4) is 0 Å². The van der Waals surface area contributed by atoms with Crippen LogP contribution in [0.15, 0.2) is 36.0 Å². The van der Waals surface area contributed by atoms with Crippen LogP contribution in [0.1, 0.15) is 39.4 Å². The summed E-state index contributed by atoms with van der Waals surface area (Å²) in [5.74, 6) is 0. The Morgan fingerprint density at radius 3 is 2.60 bits per heavy atom. The van der Waals surface area contributed by atoms with Crippen LogP contribution in [0.4, 0.5) is 4.79 Å². The number of alkyl carbamates (subject to hydrolysis) is 1. The zero-order chi connectivity index (χ0) is 15.3. The van der Waals surface area contributed by atoms with Gasteiger partial charge in [0.25, 0.3) is 0 Å². The van der Waals surface area contributed by atoms with E-state index in [2.05, 4.69) is 27.9 Å². The lowest BCUT2D eigenvalue weighted by atomic mass is 10.1. The van der Waals surface area contributed by atoms with Gasteiger partial charge in [-0.15, -0.1) is 0 Å². The zero-order valence-corrected chi connectivity index (χ0v) is 14.3. The Balaban J connectivity index is 2.79. The number of benzene rings is 1. The monoisotopic (exact) mass is 389 g/mol. The molecule has 0 aliphatic carbocycles. The van der Waals surface area contributed by atoms with Crippen LogP contribution in [-0.2, 0) is 4.74 Å². The first-order valence-electron chi connectivity index (χ1n) is 6.32. The van der Waals surface area contributed by atoms with Crippen molar-refractivity contribution in [2.75, 3.05) is 0 Å². The number of aliphatic hydroxyl groups is 1. The second-order valence-corrected chi connectivity index (χ2v) is 6.57. The standard InChI is InChI=1S/C15H20INO3/c1-5-12(17-14(19)20-15(2,3)4)13(18)10-7-6-8-11(16)9-10/h5-9,13,18H,1-4H3,(H,17,19)/b12-5-. The van der Waals surface area contributed by atoms with E-state index in [1.807, 2.05) is 24.3 Å². The van der Waals surface area contributed by atoms with Gasteiger partial charge in [0.15, 0.2) is 0 Å². The van der Waals surface area contributed by atoms with Crippen molar-refractivity contribution < 1.29 is 14.6 Å². The highest BCUT2D eigenvalue weighted by Crippen LogP contribution is 2.21. The summed E-state index contributed by atoms with van der Waals surface area (Å²) in [6, 6.07) is 7.48. The summed E-state index contributed by atoms with van der Waals surface area (Å²) in [5.41, 5.74) is 0.554. The highest BCUT2D eigenvalue weighted by atomic mass is 127. The number of nitrogens with one attached hydrogen (secondary N) is 1. The van der Waals surface area contributed by atoms with Gasteiger partial charge in [-0.1, -0.05) is 18.2 Å². The minimum absolute atomic E-state index is 0.404. The minimum Gasteiger partial charge on any atom is -0.444 e. The summed E-state index contributed by atoms with van der Waals surface area (Å²) < 4.78 is 6.20. The van der Waals surface area contributed by atoms with E-state index in [9.17, 15) is 9.90 Å². The quantitative estimate of drug-likeness (QED) is 0.775. The number of aliphatic hydroxyl groups excluding tert-OH is 1. The van der Waals surface area contributed by atoms with Crippen molar-refractivity contribution in [3.63, 3.8) is 0 Å². The number of halogens is 1. The number of ether oxygens (including phenoxy) is 1. The largest absolute Gasteiger partial charge is 0.444 e. The second kappa shape index (κ2) is 7.08. The molecule has 1 aromatic rings. The number of hydrogen-bond acceptors (Lipinski definition) is 3. The Labute approximate surface area is 133 Å². The Morgan fingerprint density at radius 2 is 2.10 bits per heavy atom. The first kappa shape index (κ1) is 17.0. The highest BCUT2D eigenvalue weighted by Gasteiger charge is 2.20. The zero-order valence-electron chi connectivity index (χ0n) is 12.1. The van der Waals surface area contributed by atoms with Crippen molar-refractivity contribution in [3.05, 3.63) is 45.2 Å². The molecule has 0 spiro atoms. The smallest absolute Gasteiger partial charge is 0.411 e. The molecule has 1 amide bonds. The van der Waals surface area contributed by atoms with Crippen LogP contribution in [0.25, 0.3) is 0 Å². The summed E-state index contributed by atoms with van der Waals surface area (Å²) in [6.45, 7) is 7.12. The molecule has 2 N–H and O–H groups in total.